The first-order valence-corrected chi connectivity index (χ1v) is 10.8. The molecule has 0 bridgehead atoms. The maximum Gasteiger partial charge on any atom is 0.261 e. The molecule has 1 fully saturated rings. The number of hydrogen-bond donors (Lipinski definition) is 1. The summed E-state index contributed by atoms with van der Waals surface area (Å²) in [6.07, 6.45) is 3.30. The third-order valence-electron chi connectivity index (χ3n) is 4.35. The minimum atomic E-state index is -0.0475. The van der Waals surface area contributed by atoms with E-state index in [-0.39, 0.29) is 5.91 Å². The first-order valence-electron chi connectivity index (χ1n) is 8.77. The Bertz CT molecular complexity index is 747. The molecular formula is C19H22BrClN2O2S. The van der Waals surface area contributed by atoms with Gasteiger partial charge in [0.1, 0.15) is 12.4 Å². The molecule has 1 aliphatic heterocycles. The maximum absolute atomic E-state index is 12.0. The predicted octanol–water partition coefficient (Wildman–Crippen LogP) is 4.61. The number of carbonyl (C=O) groups excluding carboxylic acids is 1. The monoisotopic (exact) mass is 456 g/mol. The molecule has 1 saturated heterocycles. The zero-order valence-electron chi connectivity index (χ0n) is 14.5. The highest BCUT2D eigenvalue weighted by molar-refractivity contribution is 9.10. The van der Waals surface area contributed by atoms with E-state index in [0.717, 1.165) is 28.8 Å². The fourth-order valence-electron chi connectivity index (χ4n) is 2.95. The Hall–Kier alpha value is -1.08. The number of thiophene rings is 1. The van der Waals surface area contributed by atoms with E-state index >= 15 is 0 Å². The van der Waals surface area contributed by atoms with Crippen molar-refractivity contribution in [3.05, 3.63) is 49.6 Å². The predicted molar refractivity (Wildman–Crippen MR) is 111 cm³/mol. The summed E-state index contributed by atoms with van der Waals surface area (Å²) in [5, 5.41) is 5.45. The molecule has 2 heterocycles. The van der Waals surface area contributed by atoms with Gasteiger partial charge in [0.05, 0.1) is 9.90 Å². The second-order valence-corrected chi connectivity index (χ2v) is 8.53. The minimum absolute atomic E-state index is 0.0475. The number of halogens is 2. The topological polar surface area (TPSA) is 41.6 Å². The Labute approximate surface area is 171 Å². The van der Waals surface area contributed by atoms with E-state index < -0.39 is 0 Å². The number of amides is 1. The van der Waals surface area contributed by atoms with Crippen molar-refractivity contribution < 1.29 is 9.53 Å². The van der Waals surface area contributed by atoms with Crippen LogP contribution in [-0.4, -0.2) is 43.6 Å². The number of hydrogen-bond acceptors (Lipinski definition) is 4. The maximum atomic E-state index is 12.0. The van der Waals surface area contributed by atoms with E-state index in [1.807, 2.05) is 29.6 Å². The van der Waals surface area contributed by atoms with Gasteiger partial charge in [0.25, 0.3) is 5.91 Å². The van der Waals surface area contributed by atoms with E-state index in [1.54, 1.807) is 0 Å². The van der Waals surface area contributed by atoms with Gasteiger partial charge in [0.2, 0.25) is 0 Å². The van der Waals surface area contributed by atoms with Crippen LogP contribution >= 0.6 is 38.9 Å². The molecule has 0 aliphatic carbocycles. The number of nitrogens with one attached hydrogen (secondary N) is 1. The molecule has 4 nitrogen and oxygen atoms in total. The molecule has 1 aromatic heterocycles. The van der Waals surface area contributed by atoms with Crippen molar-refractivity contribution in [2.75, 3.05) is 32.8 Å². The van der Waals surface area contributed by atoms with Gasteiger partial charge in [0, 0.05) is 22.9 Å². The molecule has 0 unspecified atom stereocenters. The third-order valence-corrected chi connectivity index (χ3v) is 6.34. The van der Waals surface area contributed by atoms with Crippen molar-refractivity contribution in [1.82, 2.24) is 10.2 Å². The van der Waals surface area contributed by atoms with Crippen LogP contribution in [0, 0.1) is 0 Å². The van der Waals surface area contributed by atoms with Gasteiger partial charge in [0.15, 0.2) is 0 Å². The zero-order chi connectivity index (χ0) is 18.4. The molecule has 7 heteroatoms. The van der Waals surface area contributed by atoms with E-state index in [0.29, 0.717) is 23.1 Å². The quantitative estimate of drug-likeness (QED) is 0.629. The zero-order valence-corrected chi connectivity index (χ0v) is 17.6. The molecule has 0 atom stereocenters. The highest BCUT2D eigenvalue weighted by Crippen LogP contribution is 2.26. The standard InChI is InChI=1S/C19H22BrClN2O2S/c20-15-12-18(26-13-15)19(24)22-6-5-14-3-4-17(16(21)11-14)25-10-9-23-7-1-2-8-23/h3-4,11-13H,1-2,5-10H2,(H,22,24). The van der Waals surface area contributed by atoms with Gasteiger partial charge in [-0.1, -0.05) is 17.7 Å². The van der Waals surface area contributed by atoms with Crippen molar-refractivity contribution in [3.8, 4) is 5.75 Å². The average molecular weight is 458 g/mol. The van der Waals surface area contributed by atoms with Crippen LogP contribution in [0.5, 0.6) is 5.75 Å². The van der Waals surface area contributed by atoms with Crippen molar-refractivity contribution in [2.45, 2.75) is 19.3 Å². The molecule has 0 radical (unpaired) electrons. The van der Waals surface area contributed by atoms with Gasteiger partial charge in [-0.25, -0.2) is 0 Å². The smallest absolute Gasteiger partial charge is 0.261 e. The molecule has 1 aliphatic rings. The fraction of sp³-hybridized carbons (Fsp3) is 0.421. The SMILES string of the molecule is O=C(NCCc1ccc(OCCN2CCCC2)c(Cl)c1)c1cc(Br)cs1. The van der Waals surface area contributed by atoms with Crippen molar-refractivity contribution >= 4 is 44.8 Å². The lowest BCUT2D eigenvalue weighted by Crippen LogP contribution is -2.25. The van der Waals surface area contributed by atoms with Crippen LogP contribution < -0.4 is 10.1 Å². The number of nitrogens with zero attached hydrogens (tertiary/aromatic N) is 1. The minimum Gasteiger partial charge on any atom is -0.491 e. The summed E-state index contributed by atoms with van der Waals surface area (Å²) in [6, 6.07) is 7.66. The summed E-state index contributed by atoms with van der Waals surface area (Å²) in [5.41, 5.74) is 1.08. The third kappa shape index (κ3) is 5.71. The lowest BCUT2D eigenvalue weighted by molar-refractivity contribution is 0.0958. The van der Waals surface area contributed by atoms with Crippen LogP contribution in [0.3, 0.4) is 0 Å². The Morgan fingerprint density at radius 2 is 2.12 bits per heavy atom. The summed E-state index contributed by atoms with van der Waals surface area (Å²) < 4.78 is 6.74. The highest BCUT2D eigenvalue weighted by Gasteiger charge is 2.12. The first kappa shape index (κ1) is 19.7. The largest absolute Gasteiger partial charge is 0.491 e. The molecular weight excluding hydrogens is 436 g/mol. The lowest BCUT2D eigenvalue weighted by atomic mass is 10.1. The van der Waals surface area contributed by atoms with E-state index in [9.17, 15) is 4.79 Å². The molecule has 2 aromatic rings. The number of benzene rings is 1. The summed E-state index contributed by atoms with van der Waals surface area (Å²) in [4.78, 5) is 15.1. The molecule has 140 valence electrons. The fourth-order valence-corrected chi connectivity index (χ4v) is 4.55. The van der Waals surface area contributed by atoms with E-state index in [2.05, 4.69) is 26.1 Å². The Balaban J connectivity index is 1.42. The average Bonchev–Trinajstić information content (AvgIpc) is 3.28. The molecule has 1 N–H and O–H groups in total. The highest BCUT2D eigenvalue weighted by atomic mass is 79.9. The summed E-state index contributed by atoms with van der Waals surface area (Å²) in [6.45, 7) is 4.52. The summed E-state index contributed by atoms with van der Waals surface area (Å²) in [7, 11) is 0. The van der Waals surface area contributed by atoms with Crippen LogP contribution in [0.25, 0.3) is 0 Å². The summed E-state index contributed by atoms with van der Waals surface area (Å²) in [5.74, 6) is 0.677. The van der Waals surface area contributed by atoms with E-state index in [1.165, 1.54) is 37.3 Å². The van der Waals surface area contributed by atoms with Crippen molar-refractivity contribution in [1.29, 1.82) is 0 Å². The Morgan fingerprint density at radius 1 is 1.31 bits per heavy atom. The number of likely N-dealkylation sites (tertiary alicyclic amines) is 1. The van der Waals surface area contributed by atoms with Crippen molar-refractivity contribution in [3.63, 3.8) is 0 Å². The second-order valence-electron chi connectivity index (χ2n) is 6.30. The van der Waals surface area contributed by atoms with Gasteiger partial charge in [-0.05, 0) is 72.0 Å². The molecule has 0 saturated carbocycles. The van der Waals surface area contributed by atoms with Crippen LogP contribution in [0.15, 0.2) is 34.1 Å². The number of carbonyl (C=O) groups is 1. The van der Waals surface area contributed by atoms with Crippen LogP contribution in [0.4, 0.5) is 0 Å². The Morgan fingerprint density at radius 3 is 2.81 bits per heavy atom. The van der Waals surface area contributed by atoms with Gasteiger partial charge < -0.3 is 10.1 Å². The van der Waals surface area contributed by atoms with Crippen LogP contribution in [0.1, 0.15) is 28.1 Å². The molecule has 3 rings (SSSR count). The van der Waals surface area contributed by atoms with E-state index in [4.69, 9.17) is 16.3 Å². The molecule has 1 amide bonds. The van der Waals surface area contributed by atoms with Crippen LogP contribution in [0.2, 0.25) is 5.02 Å². The van der Waals surface area contributed by atoms with Crippen LogP contribution in [-0.2, 0) is 6.42 Å². The molecule has 26 heavy (non-hydrogen) atoms. The van der Waals surface area contributed by atoms with Gasteiger partial charge in [-0.15, -0.1) is 11.3 Å². The Kier molecular flexibility index (Phi) is 7.37. The lowest BCUT2D eigenvalue weighted by Gasteiger charge is -2.15. The van der Waals surface area contributed by atoms with Gasteiger partial charge >= 0.3 is 0 Å². The summed E-state index contributed by atoms with van der Waals surface area (Å²) >= 11 is 11.1. The number of rotatable bonds is 8. The normalized spacial score (nSPS) is 14.5. The first-order chi connectivity index (χ1) is 12.6. The molecule has 0 spiro atoms. The number of ether oxygens (including phenoxy) is 1. The van der Waals surface area contributed by atoms with Gasteiger partial charge in [-0.3, -0.25) is 9.69 Å². The van der Waals surface area contributed by atoms with Gasteiger partial charge in [-0.2, -0.15) is 0 Å². The molecule has 1 aromatic carbocycles. The second kappa shape index (κ2) is 9.74. The van der Waals surface area contributed by atoms with Crippen molar-refractivity contribution in [2.24, 2.45) is 0 Å².